The number of aromatic nitrogens is 1. The molecule has 0 bridgehead atoms. The molecule has 3 saturated heterocycles. The normalized spacial score (nSPS) is 31.4. The Hall–Kier alpha value is -1.17. The zero-order valence-electron chi connectivity index (χ0n) is 15.1. The van der Waals surface area contributed by atoms with Gasteiger partial charge in [-0.3, -0.25) is 4.98 Å². The molecule has 0 aliphatic carbocycles. The van der Waals surface area contributed by atoms with E-state index in [0.29, 0.717) is 6.10 Å². The van der Waals surface area contributed by atoms with Crippen LogP contribution in [0, 0.1) is 11.3 Å². The first kappa shape index (κ1) is 17.3. The summed E-state index contributed by atoms with van der Waals surface area (Å²) < 4.78 is 17.8. The van der Waals surface area contributed by atoms with Crippen LogP contribution in [-0.2, 0) is 9.47 Å². The second-order valence-electron chi connectivity index (χ2n) is 7.88. The van der Waals surface area contributed by atoms with Gasteiger partial charge in [0.25, 0.3) is 0 Å². The molecule has 4 heterocycles. The van der Waals surface area contributed by atoms with Crippen LogP contribution in [-0.4, -0.2) is 62.0 Å². The van der Waals surface area contributed by atoms with Gasteiger partial charge in [0, 0.05) is 51.1 Å². The smallest absolute Gasteiger partial charge is 0.137 e. The van der Waals surface area contributed by atoms with Crippen LogP contribution in [0.2, 0.25) is 0 Å². The summed E-state index contributed by atoms with van der Waals surface area (Å²) in [5, 5.41) is 0. The highest BCUT2D eigenvalue weighted by atomic mass is 16.5. The summed E-state index contributed by atoms with van der Waals surface area (Å²) in [6.07, 6.45) is 9.79. The molecule has 0 amide bonds. The minimum absolute atomic E-state index is 0.123. The molecule has 0 saturated carbocycles. The summed E-state index contributed by atoms with van der Waals surface area (Å²) >= 11 is 0. The molecule has 1 aromatic rings. The van der Waals surface area contributed by atoms with E-state index in [1.54, 1.807) is 12.4 Å². The highest BCUT2D eigenvalue weighted by Crippen LogP contribution is 2.41. The quantitative estimate of drug-likeness (QED) is 0.820. The largest absolute Gasteiger partial charge is 0.491 e. The minimum Gasteiger partial charge on any atom is -0.491 e. The lowest BCUT2D eigenvalue weighted by Gasteiger charge is -2.50. The van der Waals surface area contributed by atoms with E-state index < -0.39 is 0 Å². The van der Waals surface area contributed by atoms with Crippen molar-refractivity contribution in [1.29, 1.82) is 0 Å². The fraction of sp³-hybridized carbons (Fsp3) is 0.750. The lowest BCUT2D eigenvalue weighted by molar-refractivity contribution is -0.142. The fourth-order valence-electron chi connectivity index (χ4n) is 4.70. The molecule has 2 atom stereocenters. The third-order valence-corrected chi connectivity index (χ3v) is 6.09. The second-order valence-corrected chi connectivity index (χ2v) is 7.88. The van der Waals surface area contributed by atoms with E-state index >= 15 is 0 Å². The van der Waals surface area contributed by atoms with Crippen LogP contribution in [0.25, 0.3) is 0 Å². The number of hydrogen-bond donors (Lipinski definition) is 0. The lowest BCUT2D eigenvalue weighted by atomic mass is 9.72. The van der Waals surface area contributed by atoms with E-state index in [-0.39, 0.29) is 5.41 Å². The number of fused-ring (bicyclic) bond motifs is 1. The molecule has 3 fully saturated rings. The Balaban J connectivity index is 1.41. The zero-order chi connectivity index (χ0) is 17.0. The van der Waals surface area contributed by atoms with Crippen molar-refractivity contribution in [1.82, 2.24) is 9.88 Å². The molecule has 0 spiro atoms. The molecular weight excluding hydrogens is 316 g/mol. The van der Waals surface area contributed by atoms with Crippen LogP contribution >= 0.6 is 0 Å². The number of nitrogens with zero attached hydrogens (tertiary/aromatic N) is 2. The average Bonchev–Trinajstić information content (AvgIpc) is 2.68. The van der Waals surface area contributed by atoms with Crippen molar-refractivity contribution < 1.29 is 14.2 Å². The number of ether oxygens (including phenoxy) is 3. The van der Waals surface area contributed by atoms with Crippen molar-refractivity contribution in [2.75, 3.05) is 46.1 Å². The number of rotatable bonds is 5. The van der Waals surface area contributed by atoms with Crippen molar-refractivity contribution in [3.05, 3.63) is 24.5 Å². The second kappa shape index (κ2) is 8.02. The van der Waals surface area contributed by atoms with Crippen LogP contribution < -0.4 is 4.74 Å². The summed E-state index contributed by atoms with van der Waals surface area (Å²) in [4.78, 5) is 6.82. The Morgan fingerprint density at radius 3 is 3.00 bits per heavy atom. The van der Waals surface area contributed by atoms with Crippen LogP contribution in [0.4, 0.5) is 0 Å². The summed E-state index contributed by atoms with van der Waals surface area (Å²) in [7, 11) is 0. The Bertz CT molecular complexity index is 535. The van der Waals surface area contributed by atoms with E-state index in [2.05, 4.69) is 9.88 Å². The Morgan fingerprint density at radius 2 is 2.16 bits per heavy atom. The van der Waals surface area contributed by atoms with Crippen molar-refractivity contribution in [3.63, 3.8) is 0 Å². The average molecular weight is 346 g/mol. The van der Waals surface area contributed by atoms with Crippen LogP contribution in [0.3, 0.4) is 0 Å². The maximum atomic E-state index is 6.17. The van der Waals surface area contributed by atoms with E-state index in [4.69, 9.17) is 14.2 Å². The Kier molecular flexibility index (Phi) is 5.54. The lowest BCUT2D eigenvalue weighted by Crippen LogP contribution is -2.58. The fourth-order valence-corrected chi connectivity index (χ4v) is 4.70. The van der Waals surface area contributed by atoms with Crippen LogP contribution in [0.5, 0.6) is 5.75 Å². The van der Waals surface area contributed by atoms with E-state index in [1.165, 1.54) is 25.8 Å². The van der Waals surface area contributed by atoms with Gasteiger partial charge in [-0.1, -0.05) is 0 Å². The number of piperidine rings is 1. The van der Waals surface area contributed by atoms with E-state index in [9.17, 15) is 0 Å². The summed E-state index contributed by atoms with van der Waals surface area (Å²) in [6, 6.07) is 3.92. The molecule has 0 aromatic carbocycles. The first-order chi connectivity index (χ1) is 12.3. The molecule has 1 aromatic heterocycles. The SMILES string of the molecule is c1cncc(OC[C@@]23CCCO[C@H]2CCN(CC2CCOCC2)C3)c1. The monoisotopic (exact) mass is 346 g/mol. The van der Waals surface area contributed by atoms with Gasteiger partial charge in [-0.25, -0.2) is 0 Å². The van der Waals surface area contributed by atoms with Gasteiger partial charge in [-0.15, -0.1) is 0 Å². The van der Waals surface area contributed by atoms with Gasteiger partial charge in [0.15, 0.2) is 0 Å². The summed E-state index contributed by atoms with van der Waals surface area (Å²) in [5.74, 6) is 1.65. The van der Waals surface area contributed by atoms with Gasteiger partial charge in [-0.05, 0) is 50.2 Å². The molecule has 4 rings (SSSR count). The van der Waals surface area contributed by atoms with Crippen LogP contribution in [0.15, 0.2) is 24.5 Å². The van der Waals surface area contributed by atoms with E-state index in [0.717, 1.165) is 64.0 Å². The minimum atomic E-state index is 0.123. The van der Waals surface area contributed by atoms with Crippen molar-refractivity contribution >= 4 is 0 Å². The Labute approximate surface area is 150 Å². The number of likely N-dealkylation sites (tertiary alicyclic amines) is 1. The van der Waals surface area contributed by atoms with Gasteiger partial charge >= 0.3 is 0 Å². The molecule has 0 N–H and O–H groups in total. The van der Waals surface area contributed by atoms with Gasteiger partial charge in [-0.2, -0.15) is 0 Å². The van der Waals surface area contributed by atoms with Crippen LogP contribution in [0.1, 0.15) is 32.1 Å². The zero-order valence-corrected chi connectivity index (χ0v) is 15.1. The molecule has 25 heavy (non-hydrogen) atoms. The number of hydrogen-bond acceptors (Lipinski definition) is 5. The summed E-state index contributed by atoms with van der Waals surface area (Å²) in [5.41, 5.74) is 0.123. The van der Waals surface area contributed by atoms with Gasteiger partial charge in [0.2, 0.25) is 0 Å². The highest BCUT2D eigenvalue weighted by Gasteiger charge is 2.46. The molecule has 5 heteroatoms. The molecule has 138 valence electrons. The highest BCUT2D eigenvalue weighted by molar-refractivity contribution is 5.16. The van der Waals surface area contributed by atoms with E-state index in [1.807, 2.05) is 12.1 Å². The topological polar surface area (TPSA) is 43.8 Å². The van der Waals surface area contributed by atoms with Gasteiger partial charge in [0.1, 0.15) is 5.75 Å². The molecule has 3 aliphatic heterocycles. The summed E-state index contributed by atoms with van der Waals surface area (Å²) in [6.45, 7) is 6.93. The first-order valence-corrected chi connectivity index (χ1v) is 9.79. The van der Waals surface area contributed by atoms with Gasteiger partial charge in [0.05, 0.1) is 18.9 Å². The molecule has 0 unspecified atom stereocenters. The molecular formula is C20H30N2O3. The van der Waals surface area contributed by atoms with Crippen molar-refractivity contribution in [3.8, 4) is 5.75 Å². The molecule has 3 aliphatic rings. The third kappa shape index (κ3) is 4.15. The maximum absolute atomic E-state index is 6.17. The van der Waals surface area contributed by atoms with Gasteiger partial charge < -0.3 is 19.1 Å². The first-order valence-electron chi connectivity index (χ1n) is 9.79. The van der Waals surface area contributed by atoms with Crippen molar-refractivity contribution in [2.45, 2.75) is 38.2 Å². The molecule has 5 nitrogen and oxygen atoms in total. The third-order valence-electron chi connectivity index (χ3n) is 6.09. The standard InChI is InChI=1S/C20H30N2O3/c1-3-18(13-21-8-1)25-16-20-7-2-10-24-19(20)4-9-22(15-20)14-17-5-11-23-12-6-17/h1,3,8,13,17,19H,2,4-7,9-12,14-16H2/t19-,20-/m0/s1. The number of pyridine rings is 1. The maximum Gasteiger partial charge on any atom is 0.137 e. The Morgan fingerprint density at radius 1 is 1.24 bits per heavy atom. The molecule has 0 radical (unpaired) electrons. The predicted octanol–water partition coefficient (Wildman–Crippen LogP) is 2.76. The predicted molar refractivity (Wildman–Crippen MR) is 95.7 cm³/mol. The van der Waals surface area contributed by atoms with Crippen molar-refractivity contribution in [2.24, 2.45) is 11.3 Å².